The van der Waals surface area contributed by atoms with E-state index in [-0.39, 0.29) is 12.1 Å². The SMILES string of the molecule is N#Cc1ccc(N2CCC[C@H](N[C@@H]3CCCC[C@H]3NC(=O)Nc3ccccc3)C2)cc1. The summed E-state index contributed by atoms with van der Waals surface area (Å²) in [5.74, 6) is 0. The molecule has 0 spiro atoms. The van der Waals surface area contributed by atoms with Crippen LogP contribution in [0.3, 0.4) is 0 Å². The van der Waals surface area contributed by atoms with Gasteiger partial charge in [0.2, 0.25) is 0 Å². The molecule has 0 unspecified atom stereocenters. The second-order valence-electron chi connectivity index (χ2n) is 8.57. The molecule has 2 amide bonds. The predicted molar refractivity (Wildman–Crippen MR) is 124 cm³/mol. The molecule has 2 aliphatic rings. The molecule has 1 saturated heterocycles. The van der Waals surface area contributed by atoms with Gasteiger partial charge in [0, 0.05) is 42.6 Å². The van der Waals surface area contributed by atoms with Crippen molar-refractivity contribution in [1.29, 1.82) is 5.26 Å². The van der Waals surface area contributed by atoms with E-state index in [4.69, 9.17) is 5.26 Å². The van der Waals surface area contributed by atoms with E-state index in [1.807, 2.05) is 54.6 Å². The van der Waals surface area contributed by atoms with E-state index in [2.05, 4.69) is 26.9 Å². The maximum atomic E-state index is 12.5. The van der Waals surface area contributed by atoms with E-state index in [0.717, 1.165) is 50.9 Å². The maximum absolute atomic E-state index is 12.5. The zero-order chi connectivity index (χ0) is 21.5. The highest BCUT2D eigenvalue weighted by atomic mass is 16.2. The van der Waals surface area contributed by atoms with E-state index >= 15 is 0 Å². The van der Waals surface area contributed by atoms with Crippen LogP contribution in [-0.4, -0.2) is 37.2 Å². The molecule has 4 rings (SSSR count). The minimum Gasteiger partial charge on any atom is -0.370 e. The molecule has 2 aromatic rings. The number of piperidine rings is 1. The number of amides is 2. The quantitative estimate of drug-likeness (QED) is 0.679. The molecule has 1 aliphatic heterocycles. The highest BCUT2D eigenvalue weighted by Crippen LogP contribution is 2.24. The monoisotopic (exact) mass is 417 g/mol. The second kappa shape index (κ2) is 10.3. The first-order chi connectivity index (χ1) is 15.2. The van der Waals surface area contributed by atoms with Crippen LogP contribution in [-0.2, 0) is 0 Å². The summed E-state index contributed by atoms with van der Waals surface area (Å²) in [5.41, 5.74) is 2.68. The molecule has 3 N–H and O–H groups in total. The molecule has 1 saturated carbocycles. The van der Waals surface area contributed by atoms with Crippen LogP contribution < -0.4 is 20.9 Å². The molecule has 0 bridgehead atoms. The van der Waals surface area contributed by atoms with Crippen molar-refractivity contribution >= 4 is 17.4 Å². The van der Waals surface area contributed by atoms with Crippen LogP contribution >= 0.6 is 0 Å². The Bertz CT molecular complexity index is 892. The van der Waals surface area contributed by atoms with E-state index in [1.54, 1.807) is 0 Å². The Balaban J connectivity index is 1.33. The summed E-state index contributed by atoms with van der Waals surface area (Å²) in [6.07, 6.45) is 6.72. The first-order valence-electron chi connectivity index (χ1n) is 11.3. The van der Waals surface area contributed by atoms with Crippen LogP contribution in [0, 0.1) is 11.3 Å². The van der Waals surface area contributed by atoms with Crippen LogP contribution in [0.1, 0.15) is 44.1 Å². The molecule has 2 aromatic carbocycles. The van der Waals surface area contributed by atoms with Crippen LogP contribution in [0.25, 0.3) is 0 Å². The van der Waals surface area contributed by atoms with Crippen molar-refractivity contribution in [1.82, 2.24) is 10.6 Å². The molecule has 162 valence electrons. The lowest BCUT2D eigenvalue weighted by atomic mass is 9.89. The third-order valence-electron chi connectivity index (χ3n) is 6.35. The van der Waals surface area contributed by atoms with E-state index in [9.17, 15) is 4.79 Å². The minimum atomic E-state index is -0.132. The number of carbonyl (C=O) groups is 1. The van der Waals surface area contributed by atoms with Gasteiger partial charge in [0.25, 0.3) is 0 Å². The number of nitrogens with one attached hydrogen (secondary N) is 3. The van der Waals surface area contributed by atoms with Gasteiger partial charge < -0.3 is 20.9 Å². The van der Waals surface area contributed by atoms with E-state index in [0.29, 0.717) is 17.6 Å². The molecule has 0 aromatic heterocycles. The molecule has 6 nitrogen and oxygen atoms in total. The Morgan fingerprint density at radius 2 is 1.68 bits per heavy atom. The summed E-state index contributed by atoms with van der Waals surface area (Å²) in [5, 5.41) is 19.0. The molecular formula is C25H31N5O. The summed E-state index contributed by atoms with van der Waals surface area (Å²) in [7, 11) is 0. The molecule has 3 atom stereocenters. The number of rotatable bonds is 5. The highest BCUT2D eigenvalue weighted by molar-refractivity contribution is 5.89. The van der Waals surface area contributed by atoms with Gasteiger partial charge in [-0.2, -0.15) is 5.26 Å². The first kappa shape index (κ1) is 21.2. The molecule has 6 heteroatoms. The highest BCUT2D eigenvalue weighted by Gasteiger charge is 2.30. The topological polar surface area (TPSA) is 80.2 Å². The number of carbonyl (C=O) groups excluding carboxylic acids is 1. The summed E-state index contributed by atoms with van der Waals surface area (Å²) < 4.78 is 0. The Hall–Kier alpha value is -3.04. The van der Waals surface area contributed by atoms with E-state index < -0.39 is 0 Å². The third kappa shape index (κ3) is 5.77. The molecule has 1 aliphatic carbocycles. The van der Waals surface area contributed by atoms with Gasteiger partial charge in [-0.25, -0.2) is 4.79 Å². The van der Waals surface area contributed by atoms with Gasteiger partial charge in [-0.1, -0.05) is 31.0 Å². The standard InChI is InChI=1S/C25H31N5O/c26-17-19-12-14-22(15-13-19)30-16-6-9-21(18-30)27-23-10-4-5-11-24(23)29-25(31)28-20-7-2-1-3-8-20/h1-3,7-8,12-15,21,23-24,27H,4-6,9-11,16,18H2,(H2,28,29,31)/t21-,23+,24+/m0/s1. The number of para-hydroxylation sites is 1. The zero-order valence-electron chi connectivity index (χ0n) is 17.9. The lowest BCUT2D eigenvalue weighted by Crippen LogP contribution is -2.57. The van der Waals surface area contributed by atoms with Gasteiger partial charge in [-0.05, 0) is 62.1 Å². The Kier molecular flexibility index (Phi) is 7.06. The maximum Gasteiger partial charge on any atom is 0.319 e. The largest absolute Gasteiger partial charge is 0.370 e. The minimum absolute atomic E-state index is 0.132. The van der Waals surface area contributed by atoms with Gasteiger partial charge in [0.15, 0.2) is 0 Å². The lowest BCUT2D eigenvalue weighted by Gasteiger charge is -2.40. The average molecular weight is 418 g/mol. The second-order valence-corrected chi connectivity index (χ2v) is 8.57. The smallest absolute Gasteiger partial charge is 0.319 e. The summed E-state index contributed by atoms with van der Waals surface area (Å²) in [6.45, 7) is 1.99. The van der Waals surface area contributed by atoms with Crippen molar-refractivity contribution in [2.24, 2.45) is 0 Å². The van der Waals surface area contributed by atoms with Crippen molar-refractivity contribution in [2.45, 2.75) is 56.7 Å². The normalized spacial score (nSPS) is 23.6. The van der Waals surface area contributed by atoms with E-state index in [1.165, 1.54) is 12.1 Å². The van der Waals surface area contributed by atoms with Gasteiger partial charge >= 0.3 is 6.03 Å². The first-order valence-corrected chi connectivity index (χ1v) is 11.3. The number of anilines is 2. The summed E-state index contributed by atoms with van der Waals surface area (Å²) >= 11 is 0. The van der Waals surface area contributed by atoms with Crippen LogP contribution in [0.15, 0.2) is 54.6 Å². The lowest BCUT2D eigenvalue weighted by molar-refractivity contribution is 0.226. The van der Waals surface area contributed by atoms with Crippen LogP contribution in [0.5, 0.6) is 0 Å². The number of nitriles is 1. The van der Waals surface area contributed by atoms with Crippen molar-refractivity contribution in [2.75, 3.05) is 23.3 Å². The summed E-state index contributed by atoms with van der Waals surface area (Å²) in [6, 6.07) is 20.3. The van der Waals surface area contributed by atoms with Crippen molar-refractivity contribution < 1.29 is 4.79 Å². The number of hydrogen-bond donors (Lipinski definition) is 3. The van der Waals surface area contributed by atoms with Crippen molar-refractivity contribution in [3.8, 4) is 6.07 Å². The molecule has 2 fully saturated rings. The number of benzene rings is 2. The van der Waals surface area contributed by atoms with Crippen LogP contribution in [0.4, 0.5) is 16.2 Å². The van der Waals surface area contributed by atoms with Crippen molar-refractivity contribution in [3.63, 3.8) is 0 Å². The molecule has 0 radical (unpaired) electrons. The zero-order valence-corrected chi connectivity index (χ0v) is 17.9. The Labute approximate surface area is 184 Å². The van der Waals surface area contributed by atoms with Gasteiger partial charge in [0.1, 0.15) is 0 Å². The fourth-order valence-electron chi connectivity index (χ4n) is 4.76. The van der Waals surface area contributed by atoms with Crippen molar-refractivity contribution in [3.05, 3.63) is 60.2 Å². The number of hydrogen-bond acceptors (Lipinski definition) is 4. The average Bonchev–Trinajstić information content (AvgIpc) is 2.81. The number of urea groups is 1. The van der Waals surface area contributed by atoms with Gasteiger partial charge in [-0.3, -0.25) is 0 Å². The fourth-order valence-corrected chi connectivity index (χ4v) is 4.76. The predicted octanol–water partition coefficient (Wildman–Crippen LogP) is 4.25. The van der Waals surface area contributed by atoms with Gasteiger partial charge in [-0.15, -0.1) is 0 Å². The van der Waals surface area contributed by atoms with Crippen LogP contribution in [0.2, 0.25) is 0 Å². The fraction of sp³-hybridized carbons (Fsp3) is 0.440. The Morgan fingerprint density at radius 3 is 2.42 bits per heavy atom. The third-order valence-corrected chi connectivity index (χ3v) is 6.35. The molecule has 31 heavy (non-hydrogen) atoms. The summed E-state index contributed by atoms with van der Waals surface area (Å²) in [4.78, 5) is 14.9. The molecular weight excluding hydrogens is 386 g/mol. The molecule has 1 heterocycles. The van der Waals surface area contributed by atoms with Gasteiger partial charge in [0.05, 0.1) is 11.6 Å². The Morgan fingerprint density at radius 1 is 0.935 bits per heavy atom. The number of nitrogens with zero attached hydrogens (tertiary/aromatic N) is 2.